The van der Waals surface area contributed by atoms with E-state index in [0.717, 1.165) is 0 Å². The Labute approximate surface area is 176 Å². The van der Waals surface area contributed by atoms with Gasteiger partial charge in [-0.2, -0.15) is 5.10 Å². The molecule has 2 heterocycles. The van der Waals surface area contributed by atoms with Gasteiger partial charge in [0.1, 0.15) is 13.1 Å². The van der Waals surface area contributed by atoms with E-state index in [1.807, 2.05) is 0 Å². The number of fused-ring (bicyclic) bond motifs is 1. The first-order chi connectivity index (χ1) is 14.4. The molecule has 0 bridgehead atoms. The van der Waals surface area contributed by atoms with Crippen LogP contribution in [0.2, 0.25) is 5.02 Å². The van der Waals surface area contributed by atoms with Gasteiger partial charge in [0, 0.05) is 24.6 Å². The van der Waals surface area contributed by atoms with E-state index >= 15 is 0 Å². The van der Waals surface area contributed by atoms with Crippen molar-refractivity contribution in [2.24, 2.45) is 0 Å². The standard InChI is InChI=1S/C21H17ClN4O4/c22-17-10-15(26-9-3-8-23-26)6-7-16(17)21(30)25-12-19(27)24(13-20(28)29)11-14-4-1-2-5-18(14)25/h1-10H,11-13H2,(H,28,29). The van der Waals surface area contributed by atoms with Gasteiger partial charge in [-0.05, 0) is 35.9 Å². The molecule has 30 heavy (non-hydrogen) atoms. The molecule has 1 N–H and O–H groups in total. The highest BCUT2D eigenvalue weighted by atomic mass is 35.5. The number of carbonyl (C=O) groups excluding carboxylic acids is 2. The summed E-state index contributed by atoms with van der Waals surface area (Å²) in [6, 6.07) is 13.8. The van der Waals surface area contributed by atoms with E-state index in [1.165, 1.54) is 9.80 Å². The fraction of sp³-hybridized carbons (Fsp3) is 0.143. The van der Waals surface area contributed by atoms with Crippen molar-refractivity contribution in [1.29, 1.82) is 0 Å². The highest BCUT2D eigenvalue weighted by Crippen LogP contribution is 2.29. The van der Waals surface area contributed by atoms with Gasteiger partial charge in [0.15, 0.2) is 0 Å². The third-order valence-corrected chi connectivity index (χ3v) is 5.13. The summed E-state index contributed by atoms with van der Waals surface area (Å²) in [5.41, 5.74) is 2.17. The number of carboxylic acid groups (broad SMARTS) is 1. The number of hydrogen-bond donors (Lipinski definition) is 1. The van der Waals surface area contributed by atoms with Crippen LogP contribution in [-0.2, 0) is 16.1 Å². The number of carbonyl (C=O) groups is 3. The Morgan fingerprint density at radius 1 is 1.10 bits per heavy atom. The molecule has 4 rings (SSSR count). The molecule has 0 saturated heterocycles. The molecule has 0 fully saturated rings. The van der Waals surface area contributed by atoms with Crippen molar-refractivity contribution in [3.05, 3.63) is 77.1 Å². The molecule has 0 atom stereocenters. The van der Waals surface area contributed by atoms with Crippen molar-refractivity contribution < 1.29 is 19.5 Å². The van der Waals surface area contributed by atoms with Gasteiger partial charge >= 0.3 is 5.97 Å². The van der Waals surface area contributed by atoms with E-state index in [1.54, 1.807) is 65.6 Å². The number of benzene rings is 2. The Morgan fingerprint density at radius 3 is 2.60 bits per heavy atom. The number of aromatic nitrogens is 2. The van der Waals surface area contributed by atoms with Gasteiger partial charge < -0.3 is 10.0 Å². The molecule has 0 spiro atoms. The highest BCUT2D eigenvalue weighted by Gasteiger charge is 2.31. The first kappa shape index (κ1) is 19.7. The highest BCUT2D eigenvalue weighted by molar-refractivity contribution is 6.35. The Kier molecular flexibility index (Phi) is 5.24. The number of hydrogen-bond acceptors (Lipinski definition) is 4. The lowest BCUT2D eigenvalue weighted by atomic mass is 10.1. The zero-order valence-corrected chi connectivity index (χ0v) is 16.5. The molecule has 2 aromatic carbocycles. The van der Waals surface area contributed by atoms with Crippen LogP contribution in [0.4, 0.5) is 5.69 Å². The first-order valence-electron chi connectivity index (χ1n) is 9.13. The Hall–Kier alpha value is -3.65. The van der Waals surface area contributed by atoms with Crippen molar-refractivity contribution >= 4 is 35.1 Å². The van der Waals surface area contributed by atoms with Crippen molar-refractivity contribution in [3.63, 3.8) is 0 Å². The van der Waals surface area contributed by atoms with Crippen LogP contribution in [0.25, 0.3) is 5.69 Å². The number of aliphatic carboxylic acids is 1. The number of rotatable bonds is 4. The smallest absolute Gasteiger partial charge is 0.323 e. The summed E-state index contributed by atoms with van der Waals surface area (Å²) in [6.07, 6.45) is 3.39. The van der Waals surface area contributed by atoms with Crippen LogP contribution in [-0.4, -0.2) is 50.7 Å². The minimum atomic E-state index is -1.11. The molecule has 8 nitrogen and oxygen atoms in total. The molecular weight excluding hydrogens is 408 g/mol. The third-order valence-electron chi connectivity index (χ3n) is 4.81. The second-order valence-corrected chi connectivity index (χ2v) is 7.19. The summed E-state index contributed by atoms with van der Waals surface area (Å²) in [7, 11) is 0. The minimum absolute atomic E-state index is 0.108. The molecule has 0 unspecified atom stereocenters. The van der Waals surface area contributed by atoms with Crippen LogP contribution in [0.1, 0.15) is 15.9 Å². The van der Waals surface area contributed by atoms with Crippen LogP contribution in [0, 0.1) is 0 Å². The van der Waals surface area contributed by atoms with Gasteiger partial charge in [0.25, 0.3) is 5.91 Å². The van der Waals surface area contributed by atoms with E-state index < -0.39 is 24.3 Å². The fourth-order valence-electron chi connectivity index (χ4n) is 3.40. The van der Waals surface area contributed by atoms with Crippen molar-refractivity contribution in [2.75, 3.05) is 18.0 Å². The van der Waals surface area contributed by atoms with Gasteiger partial charge in [-0.25, -0.2) is 4.68 Å². The SMILES string of the molecule is O=C(O)CN1Cc2ccccc2N(C(=O)c2ccc(-n3cccn3)cc2Cl)CC1=O. The average molecular weight is 425 g/mol. The molecule has 9 heteroatoms. The zero-order chi connectivity index (χ0) is 21.3. The molecule has 1 aliphatic rings. The summed E-state index contributed by atoms with van der Waals surface area (Å²) in [5.74, 6) is -2.01. The predicted molar refractivity (Wildman–Crippen MR) is 110 cm³/mol. The number of para-hydroxylation sites is 1. The van der Waals surface area contributed by atoms with Crippen LogP contribution >= 0.6 is 11.6 Å². The third kappa shape index (κ3) is 3.77. The Morgan fingerprint density at radius 2 is 1.90 bits per heavy atom. The van der Waals surface area contributed by atoms with Crippen molar-refractivity contribution in [1.82, 2.24) is 14.7 Å². The normalized spacial score (nSPS) is 13.7. The van der Waals surface area contributed by atoms with E-state index in [4.69, 9.17) is 16.7 Å². The molecule has 1 aromatic heterocycles. The maximum absolute atomic E-state index is 13.3. The van der Waals surface area contributed by atoms with E-state index in [9.17, 15) is 14.4 Å². The molecule has 0 aliphatic carbocycles. The van der Waals surface area contributed by atoms with Gasteiger partial charge in [0.2, 0.25) is 5.91 Å². The molecule has 2 amide bonds. The van der Waals surface area contributed by atoms with Crippen LogP contribution in [0.5, 0.6) is 0 Å². The summed E-state index contributed by atoms with van der Waals surface area (Å²) >= 11 is 6.40. The predicted octanol–water partition coefficient (Wildman–Crippen LogP) is 2.60. The van der Waals surface area contributed by atoms with Gasteiger partial charge in [-0.1, -0.05) is 29.8 Å². The summed E-state index contributed by atoms with van der Waals surface area (Å²) in [6.45, 7) is -0.605. The van der Waals surface area contributed by atoms with Crippen molar-refractivity contribution in [3.8, 4) is 5.69 Å². The van der Waals surface area contributed by atoms with Crippen LogP contribution < -0.4 is 4.90 Å². The largest absolute Gasteiger partial charge is 0.480 e. The lowest BCUT2D eigenvalue weighted by Crippen LogP contribution is -2.42. The second-order valence-electron chi connectivity index (χ2n) is 6.78. The van der Waals surface area contributed by atoms with E-state index in [-0.39, 0.29) is 23.7 Å². The molecular formula is C21H17ClN4O4. The molecule has 0 radical (unpaired) electrons. The average Bonchev–Trinajstić information content (AvgIpc) is 3.22. The van der Waals surface area contributed by atoms with Gasteiger partial charge in [-0.15, -0.1) is 0 Å². The summed E-state index contributed by atoms with van der Waals surface area (Å²) in [5, 5.41) is 13.5. The topological polar surface area (TPSA) is 95.7 Å². The monoisotopic (exact) mass is 424 g/mol. The van der Waals surface area contributed by atoms with Gasteiger partial charge in [0.05, 0.1) is 16.3 Å². The maximum atomic E-state index is 13.3. The summed E-state index contributed by atoms with van der Waals surface area (Å²) < 4.78 is 1.62. The lowest BCUT2D eigenvalue weighted by molar-refractivity contribution is -0.144. The number of amides is 2. The number of anilines is 1. The summed E-state index contributed by atoms with van der Waals surface area (Å²) in [4.78, 5) is 39.7. The van der Waals surface area contributed by atoms with Crippen LogP contribution in [0.3, 0.4) is 0 Å². The van der Waals surface area contributed by atoms with Crippen LogP contribution in [0.15, 0.2) is 60.9 Å². The second kappa shape index (κ2) is 8.00. The first-order valence-corrected chi connectivity index (χ1v) is 9.51. The fourth-order valence-corrected chi connectivity index (χ4v) is 3.65. The maximum Gasteiger partial charge on any atom is 0.323 e. The molecule has 0 saturated carbocycles. The quantitative estimate of drug-likeness (QED) is 0.694. The van der Waals surface area contributed by atoms with Gasteiger partial charge in [-0.3, -0.25) is 19.3 Å². The number of halogens is 1. The molecule has 152 valence electrons. The van der Waals surface area contributed by atoms with E-state index in [2.05, 4.69) is 5.10 Å². The minimum Gasteiger partial charge on any atom is -0.480 e. The number of nitrogens with zero attached hydrogens (tertiary/aromatic N) is 4. The Balaban J connectivity index is 1.70. The lowest BCUT2D eigenvalue weighted by Gasteiger charge is -2.22. The number of carboxylic acids is 1. The van der Waals surface area contributed by atoms with Crippen molar-refractivity contribution in [2.45, 2.75) is 6.54 Å². The molecule has 1 aliphatic heterocycles. The zero-order valence-electron chi connectivity index (χ0n) is 15.7. The molecule has 3 aromatic rings. The van der Waals surface area contributed by atoms with E-state index in [0.29, 0.717) is 16.9 Å². The Bertz CT molecular complexity index is 1130.